The van der Waals surface area contributed by atoms with Gasteiger partial charge in [0.1, 0.15) is 5.82 Å². The Labute approximate surface area is 123 Å². The van der Waals surface area contributed by atoms with E-state index in [4.69, 9.17) is 4.84 Å². The van der Waals surface area contributed by atoms with E-state index in [9.17, 15) is 9.18 Å². The molecule has 1 aromatic rings. The van der Waals surface area contributed by atoms with Crippen LogP contribution in [0.4, 0.5) is 4.39 Å². The molecular formula is C16H19FN2O2. The standard InChI is InChI=1S/C16H19FN2O2/c17-13-8-4-3-7-12(13)14-11-15(21-18-14)16(20)19-9-5-1-2-6-10-19/h3-4,7-8,15H,1-2,5-6,9-11H2. The summed E-state index contributed by atoms with van der Waals surface area (Å²) in [6, 6.07) is 6.44. The highest BCUT2D eigenvalue weighted by molar-refractivity contribution is 6.04. The predicted molar refractivity (Wildman–Crippen MR) is 77.5 cm³/mol. The fraction of sp³-hybridized carbons (Fsp3) is 0.500. The zero-order chi connectivity index (χ0) is 14.7. The van der Waals surface area contributed by atoms with Crippen LogP contribution in [0.25, 0.3) is 0 Å². The van der Waals surface area contributed by atoms with Gasteiger partial charge in [-0.2, -0.15) is 0 Å². The lowest BCUT2D eigenvalue weighted by Gasteiger charge is -2.22. The number of nitrogens with zero attached hydrogens (tertiary/aromatic N) is 2. The Hall–Kier alpha value is -1.91. The number of carbonyl (C=O) groups excluding carboxylic acids is 1. The first kappa shape index (κ1) is 14.0. The maximum atomic E-state index is 13.7. The molecule has 112 valence electrons. The summed E-state index contributed by atoms with van der Waals surface area (Å²) in [7, 11) is 0. The molecule has 2 heterocycles. The minimum atomic E-state index is -0.599. The quantitative estimate of drug-likeness (QED) is 0.840. The van der Waals surface area contributed by atoms with Crippen LogP contribution in [0.2, 0.25) is 0 Å². The molecule has 21 heavy (non-hydrogen) atoms. The zero-order valence-corrected chi connectivity index (χ0v) is 11.9. The summed E-state index contributed by atoms with van der Waals surface area (Å²) in [6.45, 7) is 1.57. The highest BCUT2D eigenvalue weighted by Crippen LogP contribution is 2.21. The number of amides is 1. The van der Waals surface area contributed by atoms with Crippen LogP contribution in [-0.4, -0.2) is 35.7 Å². The van der Waals surface area contributed by atoms with Crippen LogP contribution in [0.5, 0.6) is 0 Å². The summed E-state index contributed by atoms with van der Waals surface area (Å²) in [4.78, 5) is 19.6. The first-order valence-corrected chi connectivity index (χ1v) is 7.52. The fourth-order valence-electron chi connectivity index (χ4n) is 2.86. The highest BCUT2D eigenvalue weighted by Gasteiger charge is 2.33. The van der Waals surface area contributed by atoms with Gasteiger partial charge < -0.3 is 9.74 Å². The van der Waals surface area contributed by atoms with E-state index >= 15 is 0 Å². The van der Waals surface area contributed by atoms with Crippen LogP contribution < -0.4 is 0 Å². The van der Waals surface area contributed by atoms with Crippen molar-refractivity contribution < 1.29 is 14.0 Å². The molecule has 0 bridgehead atoms. The third kappa shape index (κ3) is 3.06. The molecule has 2 aliphatic heterocycles. The van der Waals surface area contributed by atoms with E-state index in [1.807, 2.05) is 4.90 Å². The van der Waals surface area contributed by atoms with Gasteiger partial charge in [0.2, 0.25) is 6.10 Å². The Bertz CT molecular complexity index is 551. The van der Waals surface area contributed by atoms with Gasteiger partial charge in [-0.05, 0) is 18.9 Å². The maximum absolute atomic E-state index is 13.7. The summed E-state index contributed by atoms with van der Waals surface area (Å²) in [6.07, 6.45) is 4.17. The lowest BCUT2D eigenvalue weighted by atomic mass is 10.0. The fourth-order valence-corrected chi connectivity index (χ4v) is 2.86. The molecule has 0 saturated carbocycles. The van der Waals surface area contributed by atoms with Crippen molar-refractivity contribution in [1.82, 2.24) is 4.90 Å². The van der Waals surface area contributed by atoms with Crippen molar-refractivity contribution in [1.29, 1.82) is 0 Å². The second-order valence-corrected chi connectivity index (χ2v) is 5.56. The van der Waals surface area contributed by atoms with Crippen molar-refractivity contribution in [2.24, 2.45) is 5.16 Å². The molecule has 3 rings (SSSR count). The number of halogens is 1. The third-order valence-electron chi connectivity index (χ3n) is 4.05. The maximum Gasteiger partial charge on any atom is 0.266 e. The Morgan fingerprint density at radius 3 is 2.62 bits per heavy atom. The number of benzene rings is 1. The number of hydrogen-bond acceptors (Lipinski definition) is 3. The molecule has 0 N–H and O–H groups in total. The average molecular weight is 290 g/mol. The molecule has 1 amide bonds. The number of oxime groups is 1. The zero-order valence-electron chi connectivity index (χ0n) is 11.9. The molecule has 5 heteroatoms. The summed E-state index contributed by atoms with van der Waals surface area (Å²) < 4.78 is 13.7. The van der Waals surface area contributed by atoms with Crippen molar-refractivity contribution in [2.75, 3.05) is 13.1 Å². The number of carbonyl (C=O) groups is 1. The van der Waals surface area contributed by atoms with Gasteiger partial charge in [-0.3, -0.25) is 4.79 Å². The molecule has 0 aromatic heterocycles. The lowest BCUT2D eigenvalue weighted by Crippen LogP contribution is -2.39. The summed E-state index contributed by atoms with van der Waals surface area (Å²) in [5.74, 6) is -0.352. The monoisotopic (exact) mass is 290 g/mol. The average Bonchev–Trinajstić information content (AvgIpc) is 2.82. The molecule has 1 saturated heterocycles. The molecule has 2 aliphatic rings. The van der Waals surface area contributed by atoms with Crippen LogP contribution in [0, 0.1) is 5.82 Å². The lowest BCUT2D eigenvalue weighted by molar-refractivity contribution is -0.142. The normalized spacial score (nSPS) is 22.4. The molecule has 1 aromatic carbocycles. The summed E-state index contributed by atoms with van der Waals surface area (Å²) in [5, 5.41) is 3.92. The highest BCUT2D eigenvalue weighted by atomic mass is 19.1. The van der Waals surface area contributed by atoms with E-state index in [0.717, 1.165) is 25.9 Å². The number of rotatable bonds is 2. The van der Waals surface area contributed by atoms with Crippen LogP contribution in [-0.2, 0) is 9.63 Å². The van der Waals surface area contributed by atoms with E-state index in [-0.39, 0.29) is 11.7 Å². The molecule has 1 fully saturated rings. The van der Waals surface area contributed by atoms with Crippen LogP contribution in [0.15, 0.2) is 29.4 Å². The second kappa shape index (κ2) is 6.24. The Morgan fingerprint density at radius 1 is 1.19 bits per heavy atom. The second-order valence-electron chi connectivity index (χ2n) is 5.56. The Balaban J connectivity index is 1.65. The van der Waals surface area contributed by atoms with E-state index in [1.165, 1.54) is 18.9 Å². The Morgan fingerprint density at radius 2 is 1.90 bits per heavy atom. The third-order valence-corrected chi connectivity index (χ3v) is 4.05. The molecule has 0 spiro atoms. The van der Waals surface area contributed by atoms with Gasteiger partial charge in [0.05, 0.1) is 5.71 Å². The van der Waals surface area contributed by atoms with Crippen molar-refractivity contribution in [3.63, 3.8) is 0 Å². The van der Waals surface area contributed by atoms with Crippen molar-refractivity contribution in [3.05, 3.63) is 35.6 Å². The first-order valence-electron chi connectivity index (χ1n) is 7.52. The number of likely N-dealkylation sites (tertiary alicyclic amines) is 1. The molecular weight excluding hydrogens is 271 g/mol. The van der Waals surface area contributed by atoms with Gasteiger partial charge >= 0.3 is 0 Å². The van der Waals surface area contributed by atoms with Crippen molar-refractivity contribution in [3.8, 4) is 0 Å². The summed E-state index contributed by atoms with van der Waals surface area (Å²) >= 11 is 0. The van der Waals surface area contributed by atoms with Crippen molar-refractivity contribution in [2.45, 2.75) is 38.2 Å². The molecule has 4 nitrogen and oxygen atoms in total. The van der Waals surface area contributed by atoms with Gasteiger partial charge in [-0.15, -0.1) is 0 Å². The topological polar surface area (TPSA) is 41.9 Å². The van der Waals surface area contributed by atoms with Crippen molar-refractivity contribution >= 4 is 11.6 Å². The van der Waals surface area contributed by atoms with E-state index in [0.29, 0.717) is 17.7 Å². The smallest absolute Gasteiger partial charge is 0.266 e. The molecule has 1 atom stereocenters. The van der Waals surface area contributed by atoms with E-state index in [1.54, 1.807) is 18.2 Å². The molecule has 1 unspecified atom stereocenters. The van der Waals surface area contributed by atoms with Gasteiger partial charge in [-0.25, -0.2) is 4.39 Å². The predicted octanol–water partition coefficient (Wildman–Crippen LogP) is 2.72. The van der Waals surface area contributed by atoms with Gasteiger partial charge in [-0.1, -0.05) is 36.2 Å². The Kier molecular flexibility index (Phi) is 4.18. The van der Waals surface area contributed by atoms with Crippen LogP contribution in [0.1, 0.15) is 37.7 Å². The minimum absolute atomic E-state index is 0.0213. The van der Waals surface area contributed by atoms with Gasteiger partial charge in [0, 0.05) is 25.1 Å². The molecule has 0 aliphatic carbocycles. The van der Waals surface area contributed by atoms with Crippen LogP contribution >= 0.6 is 0 Å². The SMILES string of the molecule is O=C(C1CC(c2ccccc2F)=NO1)N1CCCCCC1. The first-order chi connectivity index (χ1) is 10.3. The van der Waals surface area contributed by atoms with Gasteiger partial charge in [0.15, 0.2) is 0 Å². The summed E-state index contributed by atoms with van der Waals surface area (Å²) in [5.41, 5.74) is 0.935. The van der Waals surface area contributed by atoms with E-state index in [2.05, 4.69) is 5.16 Å². The van der Waals surface area contributed by atoms with Crippen LogP contribution in [0.3, 0.4) is 0 Å². The van der Waals surface area contributed by atoms with E-state index < -0.39 is 6.10 Å². The van der Waals surface area contributed by atoms with Gasteiger partial charge in [0.25, 0.3) is 5.91 Å². The minimum Gasteiger partial charge on any atom is -0.382 e. The molecule has 0 radical (unpaired) electrons. The number of hydrogen-bond donors (Lipinski definition) is 0. The largest absolute Gasteiger partial charge is 0.382 e.